The molecule has 2 N–H and O–H groups in total. The van der Waals surface area contributed by atoms with Gasteiger partial charge in [-0.15, -0.1) is 0 Å². The highest BCUT2D eigenvalue weighted by Crippen LogP contribution is 2.26. The van der Waals surface area contributed by atoms with Gasteiger partial charge in [-0.25, -0.2) is 0 Å². The molecule has 1 heterocycles. The van der Waals surface area contributed by atoms with E-state index in [2.05, 4.69) is 32.6 Å². The molecular weight excluding hydrogens is 204 g/mol. The van der Waals surface area contributed by atoms with Gasteiger partial charge in [-0.2, -0.15) is 0 Å². The number of hydrogen-bond donors (Lipinski definition) is 1. The molecule has 2 unspecified atom stereocenters. The van der Waals surface area contributed by atoms with Crippen LogP contribution in [-0.4, -0.2) is 55.5 Å². The standard InChI is InChI=1S/C12H26N2O2/c1-10-6-14(8-11(2,3)16-10)12(4,7-13)9-15-5/h10H,6-9,13H2,1-5H3. The quantitative estimate of drug-likeness (QED) is 0.778. The van der Waals surface area contributed by atoms with E-state index in [1.807, 2.05) is 0 Å². The van der Waals surface area contributed by atoms with Crippen LogP contribution in [0.25, 0.3) is 0 Å². The Bertz CT molecular complexity index is 233. The van der Waals surface area contributed by atoms with Crippen LogP contribution < -0.4 is 5.73 Å². The van der Waals surface area contributed by atoms with Gasteiger partial charge in [0.25, 0.3) is 0 Å². The van der Waals surface area contributed by atoms with E-state index in [0.29, 0.717) is 13.2 Å². The molecule has 1 fully saturated rings. The molecular formula is C12H26N2O2. The van der Waals surface area contributed by atoms with Crippen molar-refractivity contribution in [1.82, 2.24) is 4.90 Å². The van der Waals surface area contributed by atoms with Gasteiger partial charge in [-0.05, 0) is 27.7 Å². The summed E-state index contributed by atoms with van der Waals surface area (Å²) in [4.78, 5) is 2.39. The highest BCUT2D eigenvalue weighted by atomic mass is 16.5. The van der Waals surface area contributed by atoms with Gasteiger partial charge in [-0.1, -0.05) is 0 Å². The Morgan fingerprint density at radius 1 is 1.56 bits per heavy atom. The van der Waals surface area contributed by atoms with E-state index in [9.17, 15) is 0 Å². The number of nitrogens with two attached hydrogens (primary N) is 1. The Morgan fingerprint density at radius 3 is 2.62 bits per heavy atom. The molecule has 96 valence electrons. The Kier molecular flexibility index (Phi) is 4.35. The molecule has 0 bridgehead atoms. The first kappa shape index (κ1) is 13.9. The summed E-state index contributed by atoms with van der Waals surface area (Å²) in [7, 11) is 1.73. The summed E-state index contributed by atoms with van der Waals surface area (Å²) in [6.07, 6.45) is 0.242. The van der Waals surface area contributed by atoms with Crippen molar-refractivity contribution in [3.63, 3.8) is 0 Å². The maximum atomic E-state index is 5.90. The average molecular weight is 230 g/mol. The first-order chi connectivity index (χ1) is 7.33. The van der Waals surface area contributed by atoms with E-state index in [1.165, 1.54) is 0 Å². The van der Waals surface area contributed by atoms with Crippen LogP contribution in [0.3, 0.4) is 0 Å². The minimum absolute atomic E-state index is 0.0932. The molecule has 1 saturated heterocycles. The number of hydrogen-bond acceptors (Lipinski definition) is 4. The van der Waals surface area contributed by atoms with Crippen LogP contribution in [0.15, 0.2) is 0 Å². The molecule has 16 heavy (non-hydrogen) atoms. The molecule has 0 saturated carbocycles. The SMILES string of the molecule is COCC(C)(CN)N1CC(C)OC(C)(C)C1. The molecule has 4 heteroatoms. The Labute approximate surface area is 99.1 Å². The molecule has 0 aromatic carbocycles. The summed E-state index contributed by atoms with van der Waals surface area (Å²) in [5, 5.41) is 0. The lowest BCUT2D eigenvalue weighted by Crippen LogP contribution is -2.63. The van der Waals surface area contributed by atoms with E-state index in [-0.39, 0.29) is 17.2 Å². The van der Waals surface area contributed by atoms with Gasteiger partial charge in [0, 0.05) is 26.7 Å². The lowest BCUT2D eigenvalue weighted by atomic mass is 9.95. The Hall–Kier alpha value is -0.160. The largest absolute Gasteiger partial charge is 0.383 e. The van der Waals surface area contributed by atoms with Crippen LogP contribution >= 0.6 is 0 Å². The molecule has 0 aliphatic carbocycles. The zero-order valence-electron chi connectivity index (χ0n) is 11.2. The summed E-state index contributed by atoms with van der Waals surface area (Å²) < 4.78 is 11.2. The first-order valence-corrected chi connectivity index (χ1v) is 5.95. The van der Waals surface area contributed by atoms with Gasteiger partial charge in [0.2, 0.25) is 0 Å². The molecule has 1 aliphatic rings. The fourth-order valence-corrected chi connectivity index (χ4v) is 2.46. The number of methoxy groups -OCH3 is 1. The van der Waals surface area contributed by atoms with Crippen molar-refractivity contribution in [2.45, 2.75) is 44.9 Å². The van der Waals surface area contributed by atoms with Crippen LogP contribution in [0.4, 0.5) is 0 Å². The molecule has 4 nitrogen and oxygen atoms in total. The van der Waals surface area contributed by atoms with E-state index < -0.39 is 0 Å². The maximum absolute atomic E-state index is 5.90. The lowest BCUT2D eigenvalue weighted by molar-refractivity contribution is -0.156. The van der Waals surface area contributed by atoms with Crippen molar-refractivity contribution in [3.8, 4) is 0 Å². The van der Waals surface area contributed by atoms with Crippen LogP contribution in [0.1, 0.15) is 27.7 Å². The molecule has 0 amide bonds. The van der Waals surface area contributed by atoms with Gasteiger partial charge in [0.05, 0.1) is 23.9 Å². The monoisotopic (exact) mass is 230 g/mol. The summed E-state index contributed by atoms with van der Waals surface area (Å²) in [6.45, 7) is 11.6. The summed E-state index contributed by atoms with van der Waals surface area (Å²) in [5.74, 6) is 0. The predicted octanol–water partition coefficient (Wildman–Crippen LogP) is 0.850. The minimum Gasteiger partial charge on any atom is -0.383 e. The van der Waals surface area contributed by atoms with Gasteiger partial charge in [-0.3, -0.25) is 4.90 Å². The topological polar surface area (TPSA) is 47.7 Å². The summed E-state index contributed by atoms with van der Waals surface area (Å²) >= 11 is 0. The minimum atomic E-state index is -0.109. The fraction of sp³-hybridized carbons (Fsp3) is 1.00. The number of nitrogens with zero attached hydrogens (tertiary/aromatic N) is 1. The second-order valence-electron chi connectivity index (χ2n) is 5.70. The van der Waals surface area contributed by atoms with Gasteiger partial charge < -0.3 is 15.2 Å². The zero-order valence-corrected chi connectivity index (χ0v) is 11.2. The van der Waals surface area contributed by atoms with Gasteiger partial charge in [0.1, 0.15) is 0 Å². The van der Waals surface area contributed by atoms with E-state index in [0.717, 1.165) is 13.1 Å². The third kappa shape index (κ3) is 3.17. The van der Waals surface area contributed by atoms with E-state index >= 15 is 0 Å². The van der Waals surface area contributed by atoms with Crippen LogP contribution in [-0.2, 0) is 9.47 Å². The molecule has 0 aromatic heterocycles. The molecule has 2 atom stereocenters. The molecule has 1 rings (SSSR count). The van der Waals surface area contributed by atoms with Crippen LogP contribution in [0.5, 0.6) is 0 Å². The lowest BCUT2D eigenvalue weighted by Gasteiger charge is -2.49. The fourth-order valence-electron chi connectivity index (χ4n) is 2.46. The van der Waals surface area contributed by atoms with Gasteiger partial charge in [0.15, 0.2) is 0 Å². The van der Waals surface area contributed by atoms with Crippen molar-refractivity contribution in [2.75, 3.05) is 33.4 Å². The number of ether oxygens (including phenoxy) is 2. The van der Waals surface area contributed by atoms with E-state index in [1.54, 1.807) is 7.11 Å². The van der Waals surface area contributed by atoms with Crippen molar-refractivity contribution >= 4 is 0 Å². The summed E-state index contributed by atoms with van der Waals surface area (Å²) in [6, 6.07) is 0. The molecule has 1 aliphatic heterocycles. The third-order valence-corrected chi connectivity index (χ3v) is 3.23. The van der Waals surface area contributed by atoms with Crippen molar-refractivity contribution in [1.29, 1.82) is 0 Å². The van der Waals surface area contributed by atoms with Crippen molar-refractivity contribution < 1.29 is 9.47 Å². The second kappa shape index (κ2) is 5.00. The average Bonchev–Trinajstić information content (AvgIpc) is 2.15. The third-order valence-electron chi connectivity index (χ3n) is 3.23. The smallest absolute Gasteiger partial charge is 0.0757 e. The number of morpholine rings is 1. The van der Waals surface area contributed by atoms with Gasteiger partial charge >= 0.3 is 0 Å². The Balaban J connectivity index is 2.77. The maximum Gasteiger partial charge on any atom is 0.0757 e. The molecule has 0 aromatic rings. The zero-order chi connectivity index (χ0) is 12.4. The van der Waals surface area contributed by atoms with Crippen molar-refractivity contribution in [3.05, 3.63) is 0 Å². The molecule has 0 radical (unpaired) electrons. The summed E-state index contributed by atoms with van der Waals surface area (Å²) in [5.41, 5.74) is 5.69. The number of rotatable bonds is 4. The van der Waals surface area contributed by atoms with Crippen LogP contribution in [0, 0.1) is 0 Å². The Morgan fingerprint density at radius 2 is 2.19 bits per heavy atom. The molecule has 0 spiro atoms. The highest BCUT2D eigenvalue weighted by molar-refractivity contribution is 4.94. The predicted molar refractivity (Wildman–Crippen MR) is 65.5 cm³/mol. The normalized spacial score (nSPS) is 30.0. The first-order valence-electron chi connectivity index (χ1n) is 5.95. The van der Waals surface area contributed by atoms with E-state index in [4.69, 9.17) is 15.2 Å². The second-order valence-corrected chi connectivity index (χ2v) is 5.70. The van der Waals surface area contributed by atoms with Crippen molar-refractivity contribution in [2.24, 2.45) is 5.73 Å². The highest BCUT2D eigenvalue weighted by Gasteiger charge is 2.39. The van der Waals surface area contributed by atoms with Crippen LogP contribution in [0.2, 0.25) is 0 Å².